The number of halogens is 1. The molecular weight excluding hydrogens is 359 g/mol. The van der Waals surface area contributed by atoms with Crippen LogP contribution in [0, 0.1) is 12.7 Å². The molecule has 2 aromatic carbocycles. The second-order valence-electron chi connectivity index (χ2n) is 6.32. The first kappa shape index (κ1) is 17.6. The molecule has 4 rings (SSSR count). The van der Waals surface area contributed by atoms with Gasteiger partial charge in [0, 0.05) is 17.6 Å². The van der Waals surface area contributed by atoms with E-state index in [4.69, 9.17) is 5.73 Å². The van der Waals surface area contributed by atoms with Crippen LogP contribution in [-0.4, -0.2) is 25.4 Å². The van der Waals surface area contributed by atoms with E-state index in [9.17, 15) is 9.18 Å². The van der Waals surface area contributed by atoms with Gasteiger partial charge in [0.2, 0.25) is 17.8 Å². The Morgan fingerprint density at radius 1 is 1.18 bits per heavy atom. The molecule has 2 aromatic heterocycles. The number of hydrogen-bond donors (Lipinski definition) is 2. The van der Waals surface area contributed by atoms with Crippen molar-refractivity contribution >= 4 is 22.8 Å². The zero-order valence-electron chi connectivity index (χ0n) is 15.1. The summed E-state index contributed by atoms with van der Waals surface area (Å²) < 4.78 is 15.7. The minimum atomic E-state index is -0.692. The predicted molar refractivity (Wildman–Crippen MR) is 104 cm³/mol. The number of nitrogens with two attached hydrogens (primary N) is 1. The molecule has 28 heavy (non-hydrogen) atoms. The molecule has 0 unspecified atom stereocenters. The van der Waals surface area contributed by atoms with Crippen molar-refractivity contribution in [3.63, 3.8) is 0 Å². The average Bonchev–Trinajstić information content (AvgIpc) is 3.02. The van der Waals surface area contributed by atoms with Gasteiger partial charge in [-0.1, -0.05) is 30.3 Å². The van der Waals surface area contributed by atoms with Crippen molar-refractivity contribution in [1.29, 1.82) is 0 Å². The largest absolute Gasteiger partial charge is 0.366 e. The monoisotopic (exact) mass is 376 g/mol. The molecule has 0 spiro atoms. The van der Waals surface area contributed by atoms with Gasteiger partial charge in [-0.2, -0.15) is 4.98 Å². The van der Waals surface area contributed by atoms with Gasteiger partial charge in [-0.15, -0.1) is 0 Å². The second kappa shape index (κ2) is 7.07. The summed E-state index contributed by atoms with van der Waals surface area (Å²) >= 11 is 0. The third-order valence-corrected chi connectivity index (χ3v) is 4.39. The molecule has 7 nitrogen and oxygen atoms in total. The van der Waals surface area contributed by atoms with Gasteiger partial charge in [0.1, 0.15) is 12.1 Å². The Morgan fingerprint density at radius 3 is 2.71 bits per heavy atom. The minimum absolute atomic E-state index is 0.119. The number of anilines is 1. The molecule has 1 amide bonds. The molecule has 0 aliphatic carbocycles. The Bertz CT molecular complexity index is 1170. The molecule has 3 N–H and O–H groups in total. The molecule has 0 aliphatic heterocycles. The molecule has 8 heteroatoms. The van der Waals surface area contributed by atoms with Crippen LogP contribution in [0.25, 0.3) is 16.9 Å². The Balaban J connectivity index is 1.74. The molecule has 0 atom stereocenters. The SMILES string of the molecule is Cc1cc2c(C(N)=O)cc(F)cc2n1-c1ncnc(NCc2ccccc2)n1. The van der Waals surface area contributed by atoms with Gasteiger partial charge in [0.05, 0.1) is 11.1 Å². The first-order valence-corrected chi connectivity index (χ1v) is 8.61. The van der Waals surface area contributed by atoms with E-state index < -0.39 is 11.7 Å². The topological polar surface area (TPSA) is 98.7 Å². The highest BCUT2D eigenvalue weighted by Crippen LogP contribution is 2.26. The number of rotatable bonds is 5. The van der Waals surface area contributed by atoms with Crippen molar-refractivity contribution in [2.75, 3.05) is 5.32 Å². The summed E-state index contributed by atoms with van der Waals surface area (Å²) in [4.78, 5) is 24.5. The summed E-state index contributed by atoms with van der Waals surface area (Å²) in [6, 6.07) is 14.1. The normalized spacial score (nSPS) is 10.9. The van der Waals surface area contributed by atoms with Crippen LogP contribution in [0.1, 0.15) is 21.6 Å². The Hall–Kier alpha value is -3.81. The number of benzene rings is 2. The quantitative estimate of drug-likeness (QED) is 0.558. The zero-order chi connectivity index (χ0) is 19.7. The highest BCUT2D eigenvalue weighted by Gasteiger charge is 2.17. The van der Waals surface area contributed by atoms with Gasteiger partial charge in [0.15, 0.2) is 0 Å². The lowest BCUT2D eigenvalue weighted by Gasteiger charge is -2.09. The number of primary amides is 1. The van der Waals surface area contributed by atoms with Crippen LogP contribution in [0.3, 0.4) is 0 Å². The van der Waals surface area contributed by atoms with Gasteiger partial charge < -0.3 is 11.1 Å². The summed E-state index contributed by atoms with van der Waals surface area (Å²) in [5.41, 5.74) is 7.81. The van der Waals surface area contributed by atoms with E-state index >= 15 is 0 Å². The van der Waals surface area contributed by atoms with E-state index in [1.165, 1.54) is 12.4 Å². The fourth-order valence-corrected chi connectivity index (χ4v) is 3.13. The van der Waals surface area contributed by atoms with E-state index in [2.05, 4.69) is 20.3 Å². The van der Waals surface area contributed by atoms with Crippen LogP contribution in [0.2, 0.25) is 0 Å². The molecule has 140 valence electrons. The number of nitrogens with one attached hydrogen (secondary N) is 1. The maximum atomic E-state index is 14.1. The zero-order valence-corrected chi connectivity index (χ0v) is 15.1. The number of fused-ring (bicyclic) bond motifs is 1. The van der Waals surface area contributed by atoms with Crippen molar-refractivity contribution in [3.8, 4) is 5.95 Å². The molecule has 0 saturated carbocycles. The van der Waals surface area contributed by atoms with Crippen molar-refractivity contribution in [3.05, 3.63) is 77.5 Å². The molecule has 0 aliphatic rings. The first-order chi connectivity index (χ1) is 13.5. The van der Waals surface area contributed by atoms with Crippen LogP contribution in [0.5, 0.6) is 0 Å². The molecule has 4 aromatic rings. The molecule has 0 radical (unpaired) electrons. The van der Waals surface area contributed by atoms with E-state index in [1.807, 2.05) is 37.3 Å². The summed E-state index contributed by atoms with van der Waals surface area (Å²) in [6.45, 7) is 2.37. The predicted octanol–water partition coefficient (Wildman–Crippen LogP) is 2.97. The first-order valence-electron chi connectivity index (χ1n) is 8.61. The number of carbonyl (C=O) groups is 1. The van der Waals surface area contributed by atoms with E-state index in [1.54, 1.807) is 10.6 Å². The lowest BCUT2D eigenvalue weighted by atomic mass is 10.1. The lowest BCUT2D eigenvalue weighted by Crippen LogP contribution is -2.12. The number of aryl methyl sites for hydroxylation is 1. The smallest absolute Gasteiger partial charge is 0.249 e. The Morgan fingerprint density at radius 2 is 1.96 bits per heavy atom. The van der Waals surface area contributed by atoms with Gasteiger partial charge >= 0.3 is 0 Å². The van der Waals surface area contributed by atoms with Crippen LogP contribution in [0.15, 0.2) is 54.9 Å². The summed E-state index contributed by atoms with van der Waals surface area (Å²) in [5.74, 6) is -0.541. The molecular formula is C20H17FN6O. The van der Waals surface area contributed by atoms with Gasteiger partial charge in [-0.05, 0) is 30.7 Å². The standard InChI is InChI=1S/C20H17FN6O/c1-12-7-15-16(18(22)28)8-14(21)9-17(15)27(12)20-25-11-24-19(26-20)23-10-13-5-3-2-4-6-13/h2-9,11H,10H2,1H3,(H2,22,28)(H,23,24,25,26). The Kier molecular flexibility index (Phi) is 4.44. The summed E-state index contributed by atoms with van der Waals surface area (Å²) in [5, 5.41) is 3.69. The van der Waals surface area contributed by atoms with E-state index in [0.29, 0.717) is 29.3 Å². The number of carbonyl (C=O) groups excluding carboxylic acids is 1. The van der Waals surface area contributed by atoms with Crippen molar-refractivity contribution in [1.82, 2.24) is 19.5 Å². The highest BCUT2D eigenvalue weighted by molar-refractivity contribution is 6.06. The van der Waals surface area contributed by atoms with Gasteiger partial charge in [-0.3, -0.25) is 9.36 Å². The average molecular weight is 376 g/mol. The lowest BCUT2D eigenvalue weighted by molar-refractivity contribution is 0.100. The third kappa shape index (κ3) is 3.27. The number of amides is 1. The fourth-order valence-electron chi connectivity index (χ4n) is 3.13. The molecule has 0 fully saturated rings. The van der Waals surface area contributed by atoms with Gasteiger partial charge in [0.25, 0.3) is 0 Å². The number of hydrogen-bond acceptors (Lipinski definition) is 5. The third-order valence-electron chi connectivity index (χ3n) is 4.39. The number of aromatic nitrogens is 4. The summed E-state index contributed by atoms with van der Waals surface area (Å²) in [6.07, 6.45) is 1.38. The van der Waals surface area contributed by atoms with Gasteiger partial charge in [-0.25, -0.2) is 14.4 Å². The summed E-state index contributed by atoms with van der Waals surface area (Å²) in [7, 11) is 0. The van der Waals surface area contributed by atoms with Crippen LogP contribution < -0.4 is 11.1 Å². The molecule has 0 saturated heterocycles. The molecule has 0 bridgehead atoms. The van der Waals surface area contributed by atoms with Crippen LogP contribution >= 0.6 is 0 Å². The van der Waals surface area contributed by atoms with Crippen LogP contribution in [0.4, 0.5) is 10.3 Å². The fraction of sp³-hybridized carbons (Fsp3) is 0.100. The maximum Gasteiger partial charge on any atom is 0.249 e. The van der Waals surface area contributed by atoms with Crippen molar-refractivity contribution < 1.29 is 9.18 Å². The van der Waals surface area contributed by atoms with Crippen molar-refractivity contribution in [2.24, 2.45) is 5.73 Å². The van der Waals surface area contributed by atoms with Crippen LogP contribution in [-0.2, 0) is 6.54 Å². The minimum Gasteiger partial charge on any atom is -0.366 e. The number of nitrogens with zero attached hydrogens (tertiary/aromatic N) is 4. The Labute approximate surface area is 160 Å². The van der Waals surface area contributed by atoms with Crippen molar-refractivity contribution in [2.45, 2.75) is 13.5 Å². The van der Waals surface area contributed by atoms with E-state index in [0.717, 1.165) is 17.3 Å². The highest BCUT2D eigenvalue weighted by atomic mass is 19.1. The maximum absolute atomic E-state index is 14.1. The molecule has 2 heterocycles. The second-order valence-corrected chi connectivity index (χ2v) is 6.32. The van der Waals surface area contributed by atoms with E-state index in [-0.39, 0.29) is 5.56 Å².